The van der Waals surface area contributed by atoms with Gasteiger partial charge in [-0.05, 0) is 65.7 Å². The maximum atomic E-state index is 6.02. The van der Waals surface area contributed by atoms with E-state index < -0.39 is 0 Å². The van der Waals surface area contributed by atoms with E-state index in [4.69, 9.17) is 14.2 Å². The Bertz CT molecular complexity index is 1290. The summed E-state index contributed by atoms with van der Waals surface area (Å²) < 4.78 is 19.2. The Labute approximate surface area is 200 Å². The third-order valence-corrected chi connectivity index (χ3v) is 6.20. The van der Waals surface area contributed by atoms with Crippen LogP contribution in [-0.2, 0) is 13.0 Å². The summed E-state index contributed by atoms with van der Waals surface area (Å²) in [5, 5.41) is 0. The van der Waals surface area contributed by atoms with Crippen molar-refractivity contribution in [3.05, 3.63) is 119 Å². The molecule has 1 aliphatic heterocycles. The highest BCUT2D eigenvalue weighted by Crippen LogP contribution is 2.29. The van der Waals surface area contributed by atoms with Crippen molar-refractivity contribution in [3.63, 3.8) is 0 Å². The summed E-state index contributed by atoms with van der Waals surface area (Å²) in [6.07, 6.45) is 0.945. The normalized spacial score (nSPS) is 12.8. The highest BCUT2D eigenvalue weighted by molar-refractivity contribution is 6.11. The Hall–Kier alpha value is -4.05. The van der Waals surface area contributed by atoms with Crippen molar-refractivity contribution in [3.8, 4) is 17.2 Å². The molecule has 0 radical (unpaired) electrons. The van der Waals surface area contributed by atoms with Gasteiger partial charge in [-0.15, -0.1) is 0 Å². The first-order chi connectivity index (χ1) is 16.7. The van der Waals surface area contributed by atoms with Crippen molar-refractivity contribution in [2.75, 3.05) is 20.8 Å². The largest absolute Gasteiger partial charge is 0.497 e. The Kier molecular flexibility index (Phi) is 6.30. The van der Waals surface area contributed by atoms with Crippen LogP contribution in [-0.4, -0.2) is 31.1 Å². The van der Waals surface area contributed by atoms with E-state index in [1.54, 1.807) is 14.2 Å². The molecule has 0 unspecified atom stereocenters. The molecule has 34 heavy (non-hydrogen) atoms. The molecule has 0 bridgehead atoms. The van der Waals surface area contributed by atoms with E-state index >= 15 is 0 Å². The highest BCUT2D eigenvalue weighted by atomic mass is 16.5. The van der Waals surface area contributed by atoms with Gasteiger partial charge in [-0.3, -0.25) is 0 Å². The summed E-state index contributed by atoms with van der Waals surface area (Å²) >= 11 is 0. The number of benzene rings is 4. The van der Waals surface area contributed by atoms with E-state index in [1.165, 1.54) is 16.8 Å². The monoisotopic (exact) mass is 450 g/mol. The smallest absolute Gasteiger partial charge is 0.220 e. The van der Waals surface area contributed by atoms with Gasteiger partial charge >= 0.3 is 0 Å². The molecule has 4 heteroatoms. The van der Waals surface area contributed by atoms with Crippen molar-refractivity contribution >= 4 is 11.4 Å². The molecule has 1 heterocycles. The maximum absolute atomic E-state index is 6.02. The molecule has 0 saturated heterocycles. The van der Waals surface area contributed by atoms with Crippen LogP contribution in [0.5, 0.6) is 17.2 Å². The second kappa shape index (κ2) is 9.84. The minimum Gasteiger partial charge on any atom is -0.497 e. The van der Waals surface area contributed by atoms with E-state index in [-0.39, 0.29) is 0 Å². The zero-order chi connectivity index (χ0) is 23.3. The van der Waals surface area contributed by atoms with Crippen molar-refractivity contribution < 1.29 is 18.8 Å². The SMILES string of the molecule is COc1ccc([N+]2=C(c3ccc(OCc4ccccc4)cc3)c3ccc(OC)cc3CC2)cc1. The summed E-state index contributed by atoms with van der Waals surface area (Å²) in [7, 11) is 3.41. The molecule has 0 atom stereocenters. The Morgan fingerprint density at radius 3 is 2.09 bits per heavy atom. The predicted molar refractivity (Wildman–Crippen MR) is 135 cm³/mol. The van der Waals surface area contributed by atoms with E-state index in [1.807, 2.05) is 36.4 Å². The van der Waals surface area contributed by atoms with Crippen LogP contribution in [0.25, 0.3) is 0 Å². The van der Waals surface area contributed by atoms with Crippen LogP contribution in [0.3, 0.4) is 0 Å². The molecule has 0 fully saturated rings. The fourth-order valence-electron chi connectivity index (χ4n) is 4.41. The highest BCUT2D eigenvalue weighted by Gasteiger charge is 2.29. The maximum Gasteiger partial charge on any atom is 0.220 e. The minimum atomic E-state index is 0.553. The topological polar surface area (TPSA) is 30.7 Å². The summed E-state index contributed by atoms with van der Waals surface area (Å²) in [6, 6.07) is 33.2. The van der Waals surface area contributed by atoms with Crippen molar-refractivity contribution in [1.29, 1.82) is 0 Å². The fraction of sp³-hybridized carbons (Fsp3) is 0.167. The number of rotatable bonds is 7. The number of ether oxygens (including phenoxy) is 3. The van der Waals surface area contributed by atoms with E-state index in [0.29, 0.717) is 6.61 Å². The number of fused-ring (bicyclic) bond motifs is 1. The van der Waals surface area contributed by atoms with Crippen molar-refractivity contribution in [1.82, 2.24) is 0 Å². The first kappa shape index (κ1) is 21.8. The van der Waals surface area contributed by atoms with Crippen LogP contribution in [0.4, 0.5) is 5.69 Å². The zero-order valence-corrected chi connectivity index (χ0v) is 19.5. The van der Waals surface area contributed by atoms with Crippen molar-refractivity contribution in [2.45, 2.75) is 13.0 Å². The van der Waals surface area contributed by atoms with Crippen LogP contribution >= 0.6 is 0 Å². The first-order valence-corrected chi connectivity index (χ1v) is 11.5. The first-order valence-electron chi connectivity index (χ1n) is 11.5. The Morgan fingerprint density at radius 1 is 0.706 bits per heavy atom. The lowest BCUT2D eigenvalue weighted by Gasteiger charge is -2.19. The molecule has 5 rings (SSSR count). The van der Waals surface area contributed by atoms with Crippen LogP contribution in [0.15, 0.2) is 97.1 Å². The number of methoxy groups -OCH3 is 2. The van der Waals surface area contributed by atoms with Gasteiger partial charge in [0.15, 0.2) is 6.54 Å². The standard InChI is InChI=1S/C30H28NO3/c1-32-26-14-10-25(11-15-26)31-19-18-24-20-28(33-2)16-17-29(24)30(31)23-8-12-27(13-9-23)34-21-22-6-4-3-5-7-22/h3-17,20H,18-19,21H2,1-2H3/q+1. The number of hydrogen-bond donors (Lipinski definition) is 0. The fourth-order valence-corrected chi connectivity index (χ4v) is 4.41. The van der Waals surface area contributed by atoms with E-state index in [9.17, 15) is 0 Å². The molecular weight excluding hydrogens is 422 g/mol. The third kappa shape index (κ3) is 4.53. The second-order valence-corrected chi connectivity index (χ2v) is 8.27. The molecule has 0 amide bonds. The molecule has 0 aromatic heterocycles. The third-order valence-electron chi connectivity index (χ3n) is 6.20. The lowest BCUT2D eigenvalue weighted by Crippen LogP contribution is -2.28. The van der Waals surface area contributed by atoms with Crippen LogP contribution in [0, 0.1) is 0 Å². The molecule has 0 aliphatic carbocycles. The van der Waals surface area contributed by atoms with Gasteiger partial charge in [0.1, 0.15) is 23.9 Å². The van der Waals surface area contributed by atoms with Gasteiger partial charge in [-0.1, -0.05) is 30.3 Å². The second-order valence-electron chi connectivity index (χ2n) is 8.27. The minimum absolute atomic E-state index is 0.553. The molecule has 1 aliphatic rings. The molecule has 4 nitrogen and oxygen atoms in total. The lowest BCUT2D eigenvalue weighted by molar-refractivity contribution is -0.440. The number of hydrogen-bond acceptors (Lipinski definition) is 3. The molecule has 4 aromatic rings. The Morgan fingerprint density at radius 2 is 1.38 bits per heavy atom. The van der Waals surface area contributed by atoms with Gasteiger partial charge in [0.2, 0.25) is 11.4 Å². The van der Waals surface area contributed by atoms with Crippen molar-refractivity contribution in [2.24, 2.45) is 0 Å². The quantitative estimate of drug-likeness (QED) is 0.323. The van der Waals surface area contributed by atoms with Gasteiger partial charge in [0.05, 0.1) is 19.8 Å². The molecule has 170 valence electrons. The molecule has 0 N–H and O–H groups in total. The van der Waals surface area contributed by atoms with E-state index in [0.717, 1.165) is 47.0 Å². The summed E-state index contributed by atoms with van der Waals surface area (Å²) in [6.45, 7) is 1.44. The lowest BCUT2D eigenvalue weighted by atomic mass is 9.92. The zero-order valence-electron chi connectivity index (χ0n) is 19.5. The average molecular weight is 451 g/mol. The van der Waals surface area contributed by atoms with Gasteiger partial charge in [-0.25, -0.2) is 0 Å². The van der Waals surface area contributed by atoms with Gasteiger partial charge in [0.25, 0.3) is 0 Å². The van der Waals surface area contributed by atoms with Crippen LogP contribution in [0.2, 0.25) is 0 Å². The summed E-state index contributed by atoms with van der Waals surface area (Å²) in [5.74, 6) is 2.60. The molecular formula is C30H28NO3+. The number of nitrogens with zero attached hydrogens (tertiary/aromatic N) is 1. The Balaban J connectivity index is 1.52. The predicted octanol–water partition coefficient (Wildman–Crippen LogP) is 6.02. The van der Waals surface area contributed by atoms with Crippen LogP contribution < -0.4 is 14.2 Å². The molecule has 0 saturated carbocycles. The summed E-state index contributed by atoms with van der Waals surface area (Å²) in [5.41, 5.74) is 7.14. The molecule has 4 aromatic carbocycles. The van der Waals surface area contributed by atoms with Gasteiger partial charge < -0.3 is 14.2 Å². The van der Waals surface area contributed by atoms with Gasteiger partial charge in [0, 0.05) is 24.1 Å². The summed E-state index contributed by atoms with van der Waals surface area (Å²) in [4.78, 5) is 0. The molecule has 0 spiro atoms. The van der Waals surface area contributed by atoms with Crippen LogP contribution in [0.1, 0.15) is 22.3 Å². The van der Waals surface area contributed by atoms with Gasteiger partial charge in [-0.2, -0.15) is 4.58 Å². The average Bonchev–Trinajstić information content (AvgIpc) is 2.92. The van der Waals surface area contributed by atoms with E-state index in [2.05, 4.69) is 65.2 Å².